The molecule has 7 heteroatoms. The number of nitroso groups, excluding NO2 is 1. The number of hydrogen-bond donors (Lipinski definition) is 1. The third-order valence-corrected chi connectivity index (χ3v) is 5.96. The highest BCUT2D eigenvalue weighted by molar-refractivity contribution is 7.10. The number of alkyl halides is 1. The number of benzene rings is 1. The summed E-state index contributed by atoms with van der Waals surface area (Å²) in [6, 6.07) is 3.90. The lowest BCUT2D eigenvalue weighted by atomic mass is 10.1. The summed E-state index contributed by atoms with van der Waals surface area (Å²) in [5.41, 5.74) is 4.78. The molecule has 1 aliphatic rings. The zero-order chi connectivity index (χ0) is 19.1. The van der Waals surface area contributed by atoms with Gasteiger partial charge in [-0.25, -0.2) is 4.98 Å². The van der Waals surface area contributed by atoms with Gasteiger partial charge in [-0.15, -0.1) is 27.8 Å². The van der Waals surface area contributed by atoms with Gasteiger partial charge in [0, 0.05) is 16.3 Å². The molecule has 1 N–H and O–H groups in total. The summed E-state index contributed by atoms with van der Waals surface area (Å²) in [6.07, 6.45) is 6.84. The first kappa shape index (κ1) is 17.9. The van der Waals surface area contributed by atoms with Crippen molar-refractivity contribution in [3.63, 3.8) is 0 Å². The number of aromatic hydroxyl groups is 1. The van der Waals surface area contributed by atoms with Gasteiger partial charge in [-0.2, -0.15) is 0 Å². The maximum Gasteiger partial charge on any atom is 0.222 e. The maximum absolute atomic E-state index is 11.3. The fourth-order valence-corrected chi connectivity index (χ4v) is 4.52. The van der Waals surface area contributed by atoms with E-state index in [4.69, 9.17) is 16.6 Å². The number of halogens is 1. The summed E-state index contributed by atoms with van der Waals surface area (Å²) in [4.78, 5) is 16.0. The summed E-state index contributed by atoms with van der Waals surface area (Å²) in [5.74, 6) is -0.120. The summed E-state index contributed by atoms with van der Waals surface area (Å²) in [5, 5.41) is 17.2. The van der Waals surface area contributed by atoms with Crippen LogP contribution < -0.4 is 0 Å². The van der Waals surface area contributed by atoms with Crippen LogP contribution in [0.1, 0.15) is 28.2 Å². The number of aromatic nitrogens is 2. The lowest BCUT2D eigenvalue weighted by Gasteiger charge is -2.09. The highest BCUT2D eigenvalue weighted by Crippen LogP contribution is 2.41. The number of allylic oxidation sites excluding steroid dienone is 4. The maximum atomic E-state index is 11.3. The molecule has 138 valence electrons. The number of thiazole rings is 1. The zero-order valence-electron chi connectivity index (χ0n) is 14.9. The Bertz CT molecular complexity index is 1110. The molecule has 5 nitrogen and oxygen atoms in total. The molecular weight excluding hydrogens is 382 g/mol. The van der Waals surface area contributed by atoms with E-state index in [0.717, 1.165) is 39.3 Å². The van der Waals surface area contributed by atoms with E-state index in [1.54, 1.807) is 15.9 Å². The highest BCUT2D eigenvalue weighted by Gasteiger charge is 2.20. The van der Waals surface area contributed by atoms with Crippen LogP contribution in [0, 0.1) is 18.8 Å². The standard InChI is InChI=1S/C20H18ClN3O2S/c1-11-7-12(2)18-16(8-11)17(23-26)20(25)24(18)9-15-10-27-19(22-15)13-3-5-14(21)6-4-13/h3-5,7-8,10,14,25H,6,9H2,1-2H3. The Hall–Kier alpha value is -2.44. The molecule has 3 aromatic rings. The van der Waals surface area contributed by atoms with Crippen molar-refractivity contribution in [1.29, 1.82) is 0 Å². The van der Waals surface area contributed by atoms with Crippen molar-refractivity contribution in [3.05, 3.63) is 62.5 Å². The van der Waals surface area contributed by atoms with Crippen LogP contribution in [0.25, 0.3) is 16.5 Å². The van der Waals surface area contributed by atoms with Crippen molar-refractivity contribution < 1.29 is 5.11 Å². The van der Waals surface area contributed by atoms with Gasteiger partial charge in [-0.05, 0) is 37.1 Å². The molecule has 0 aliphatic heterocycles. The van der Waals surface area contributed by atoms with E-state index in [1.807, 2.05) is 43.5 Å². The minimum absolute atomic E-state index is 0.0389. The van der Waals surface area contributed by atoms with Gasteiger partial charge in [-0.3, -0.25) is 0 Å². The first-order valence-corrected chi connectivity index (χ1v) is 9.92. The predicted molar refractivity (Wildman–Crippen MR) is 111 cm³/mol. The molecule has 2 heterocycles. The van der Waals surface area contributed by atoms with Crippen LogP contribution in [0.15, 0.2) is 40.9 Å². The lowest BCUT2D eigenvalue weighted by Crippen LogP contribution is -2.01. The molecule has 0 bridgehead atoms. The van der Waals surface area contributed by atoms with E-state index in [-0.39, 0.29) is 16.9 Å². The van der Waals surface area contributed by atoms with Crippen molar-refractivity contribution in [2.45, 2.75) is 32.2 Å². The molecular formula is C20H18ClN3O2S. The first-order chi connectivity index (χ1) is 13.0. The zero-order valence-corrected chi connectivity index (χ0v) is 16.5. The van der Waals surface area contributed by atoms with Crippen molar-refractivity contribution in [2.75, 3.05) is 0 Å². The van der Waals surface area contributed by atoms with Gasteiger partial charge in [0.25, 0.3) is 0 Å². The van der Waals surface area contributed by atoms with Crippen LogP contribution in [0.2, 0.25) is 0 Å². The average Bonchev–Trinajstić information content (AvgIpc) is 3.19. The topological polar surface area (TPSA) is 67.5 Å². The molecule has 0 amide bonds. The minimum Gasteiger partial charge on any atom is -0.493 e. The Kier molecular flexibility index (Phi) is 4.61. The molecule has 1 aromatic carbocycles. The third-order valence-electron chi connectivity index (χ3n) is 4.69. The van der Waals surface area contributed by atoms with Crippen LogP contribution >= 0.6 is 22.9 Å². The first-order valence-electron chi connectivity index (χ1n) is 8.61. The van der Waals surface area contributed by atoms with E-state index in [9.17, 15) is 10.0 Å². The fraction of sp³-hybridized carbons (Fsp3) is 0.250. The second kappa shape index (κ2) is 6.94. The molecule has 1 unspecified atom stereocenters. The van der Waals surface area contributed by atoms with E-state index < -0.39 is 0 Å². The second-order valence-electron chi connectivity index (χ2n) is 6.74. The van der Waals surface area contributed by atoms with E-state index in [0.29, 0.717) is 11.9 Å². The Morgan fingerprint density at radius 3 is 2.93 bits per heavy atom. The van der Waals surface area contributed by atoms with E-state index >= 15 is 0 Å². The molecule has 0 radical (unpaired) electrons. The molecule has 1 aliphatic carbocycles. The smallest absolute Gasteiger partial charge is 0.222 e. The van der Waals surface area contributed by atoms with Gasteiger partial charge in [0.15, 0.2) is 5.69 Å². The third kappa shape index (κ3) is 3.19. The van der Waals surface area contributed by atoms with Gasteiger partial charge in [0.05, 0.1) is 23.1 Å². The van der Waals surface area contributed by atoms with Crippen LogP contribution in [0.3, 0.4) is 0 Å². The summed E-state index contributed by atoms with van der Waals surface area (Å²) in [6.45, 7) is 4.29. The van der Waals surface area contributed by atoms with Crippen LogP contribution in [-0.2, 0) is 6.54 Å². The number of hydrogen-bond acceptors (Lipinski definition) is 5. The molecule has 2 aromatic heterocycles. The van der Waals surface area contributed by atoms with Gasteiger partial charge >= 0.3 is 0 Å². The van der Waals surface area contributed by atoms with E-state index in [1.165, 1.54) is 0 Å². The number of fused-ring (bicyclic) bond motifs is 1. The number of aryl methyl sites for hydroxylation is 2. The Morgan fingerprint density at radius 1 is 1.41 bits per heavy atom. The quantitative estimate of drug-likeness (QED) is 0.444. The average molecular weight is 400 g/mol. The Morgan fingerprint density at radius 2 is 2.22 bits per heavy atom. The lowest BCUT2D eigenvalue weighted by molar-refractivity contribution is 0.429. The molecule has 0 saturated carbocycles. The molecule has 1 atom stereocenters. The van der Waals surface area contributed by atoms with Gasteiger partial charge in [0.2, 0.25) is 5.88 Å². The normalized spacial score (nSPS) is 16.7. The fourth-order valence-electron chi connectivity index (χ4n) is 3.52. The van der Waals surface area contributed by atoms with Crippen molar-refractivity contribution in [1.82, 2.24) is 9.55 Å². The summed E-state index contributed by atoms with van der Waals surface area (Å²) >= 11 is 7.64. The minimum atomic E-state index is -0.120. The highest BCUT2D eigenvalue weighted by atomic mass is 35.5. The van der Waals surface area contributed by atoms with Crippen molar-refractivity contribution >= 4 is 45.1 Å². The van der Waals surface area contributed by atoms with Crippen LogP contribution in [-0.4, -0.2) is 20.0 Å². The molecule has 0 spiro atoms. The second-order valence-corrected chi connectivity index (χ2v) is 8.16. The Balaban J connectivity index is 1.74. The van der Waals surface area contributed by atoms with Crippen LogP contribution in [0.5, 0.6) is 5.88 Å². The largest absolute Gasteiger partial charge is 0.493 e. The molecule has 0 saturated heterocycles. The number of rotatable bonds is 4. The Labute approximate surface area is 165 Å². The molecule has 4 rings (SSSR count). The summed E-state index contributed by atoms with van der Waals surface area (Å²) in [7, 11) is 0. The molecule has 27 heavy (non-hydrogen) atoms. The van der Waals surface area contributed by atoms with Crippen LogP contribution in [0.4, 0.5) is 5.69 Å². The summed E-state index contributed by atoms with van der Waals surface area (Å²) < 4.78 is 1.71. The molecule has 0 fully saturated rings. The number of nitrogens with zero attached hydrogens (tertiary/aromatic N) is 3. The van der Waals surface area contributed by atoms with Gasteiger partial charge in [-0.1, -0.05) is 29.9 Å². The van der Waals surface area contributed by atoms with Crippen molar-refractivity contribution in [2.24, 2.45) is 5.18 Å². The predicted octanol–water partition coefficient (Wildman–Crippen LogP) is 5.82. The monoisotopic (exact) mass is 399 g/mol. The van der Waals surface area contributed by atoms with Crippen molar-refractivity contribution in [3.8, 4) is 5.88 Å². The van der Waals surface area contributed by atoms with Gasteiger partial charge in [0.1, 0.15) is 5.01 Å². The van der Waals surface area contributed by atoms with E-state index in [2.05, 4.69) is 11.3 Å². The SMILES string of the molecule is Cc1cc(C)c2c(c1)c(N=O)c(O)n2Cc1csc(C2=CCC(Cl)C=C2)n1. The van der Waals surface area contributed by atoms with Gasteiger partial charge < -0.3 is 9.67 Å².